The van der Waals surface area contributed by atoms with Crippen molar-refractivity contribution in [3.8, 4) is 5.75 Å². The summed E-state index contributed by atoms with van der Waals surface area (Å²) in [4.78, 5) is 27.2. The van der Waals surface area contributed by atoms with Gasteiger partial charge in [-0.15, -0.1) is 0 Å². The monoisotopic (exact) mass is 389 g/mol. The molecule has 0 aliphatic carbocycles. The molecule has 0 bridgehead atoms. The molecule has 0 saturated heterocycles. The molecule has 0 N–H and O–H groups in total. The number of benzene rings is 2. The summed E-state index contributed by atoms with van der Waals surface area (Å²) in [6, 6.07) is 16.9. The molecule has 1 aliphatic rings. The molecule has 29 heavy (non-hydrogen) atoms. The van der Waals surface area contributed by atoms with Gasteiger partial charge in [-0.25, -0.2) is 4.79 Å². The van der Waals surface area contributed by atoms with Crippen LogP contribution in [0.2, 0.25) is 0 Å². The van der Waals surface area contributed by atoms with E-state index in [2.05, 4.69) is 6.58 Å². The third-order valence-corrected chi connectivity index (χ3v) is 4.64. The first-order chi connectivity index (χ1) is 14.0. The van der Waals surface area contributed by atoms with Crippen LogP contribution >= 0.6 is 0 Å². The lowest BCUT2D eigenvalue weighted by atomic mass is 10.0. The van der Waals surface area contributed by atoms with Gasteiger partial charge in [0.25, 0.3) is 5.91 Å². The fraction of sp³-hybridized carbons (Fsp3) is 0.167. The number of hydrogen-bond donors (Lipinski definition) is 0. The number of hydrogen-bond acceptors (Lipinski definition) is 4. The normalized spacial score (nSPS) is 15.0. The number of carbonyl (C=O) groups is 2. The quantitative estimate of drug-likeness (QED) is 0.406. The van der Waals surface area contributed by atoms with Crippen molar-refractivity contribution < 1.29 is 19.1 Å². The van der Waals surface area contributed by atoms with Crippen LogP contribution in [0, 0.1) is 0 Å². The van der Waals surface area contributed by atoms with Crippen LogP contribution in [0.4, 0.5) is 0 Å². The first-order valence-electron chi connectivity index (χ1n) is 9.26. The van der Waals surface area contributed by atoms with Gasteiger partial charge in [-0.2, -0.15) is 0 Å². The Morgan fingerprint density at radius 3 is 2.41 bits per heavy atom. The Morgan fingerprint density at radius 1 is 1.10 bits per heavy atom. The molecule has 1 amide bonds. The number of esters is 1. The van der Waals surface area contributed by atoms with Crippen molar-refractivity contribution in [1.29, 1.82) is 0 Å². The second kappa shape index (κ2) is 9.06. The maximum atomic E-state index is 13.1. The van der Waals surface area contributed by atoms with E-state index in [4.69, 9.17) is 9.47 Å². The molecular formula is C24H23NO4. The summed E-state index contributed by atoms with van der Waals surface area (Å²) in [5.74, 6) is -0.0437. The molecule has 3 rings (SSSR count). The van der Waals surface area contributed by atoms with Gasteiger partial charge in [0.2, 0.25) is 0 Å². The van der Waals surface area contributed by atoms with E-state index in [1.54, 1.807) is 24.0 Å². The Bertz CT molecular complexity index is 972. The Labute approximate surface area is 170 Å². The number of allylic oxidation sites excluding steroid dienone is 1. The molecule has 0 atom stereocenters. The fourth-order valence-electron chi connectivity index (χ4n) is 3.17. The number of nitrogens with zero attached hydrogens (tertiary/aromatic N) is 1. The minimum absolute atomic E-state index is 0.223. The zero-order valence-corrected chi connectivity index (χ0v) is 16.6. The zero-order chi connectivity index (χ0) is 20.8. The molecule has 5 heteroatoms. The molecule has 2 aromatic rings. The Morgan fingerprint density at radius 2 is 1.79 bits per heavy atom. The standard InChI is InChI=1S/C24H23NO4/c1-4-14-29-20-12-10-18(11-13-20)15-21-22(24(27)28-3)17(2)25(23(21)26)16-19-8-6-5-7-9-19/h4-13,15H,1,14,16H2,2-3H3/b21-15-. The van der Waals surface area contributed by atoms with Crippen LogP contribution in [0.1, 0.15) is 18.1 Å². The van der Waals surface area contributed by atoms with Gasteiger partial charge < -0.3 is 14.4 Å². The highest BCUT2D eigenvalue weighted by molar-refractivity contribution is 6.16. The van der Waals surface area contributed by atoms with E-state index in [0.717, 1.165) is 11.1 Å². The predicted octanol–water partition coefficient (Wildman–Crippen LogP) is 4.12. The lowest BCUT2D eigenvalue weighted by Crippen LogP contribution is -2.24. The van der Waals surface area contributed by atoms with Crippen molar-refractivity contribution in [2.45, 2.75) is 13.5 Å². The maximum absolute atomic E-state index is 13.1. The highest BCUT2D eigenvalue weighted by Crippen LogP contribution is 2.33. The van der Waals surface area contributed by atoms with Gasteiger partial charge >= 0.3 is 5.97 Å². The molecular weight excluding hydrogens is 366 g/mol. The number of rotatable bonds is 7. The van der Waals surface area contributed by atoms with Crippen LogP contribution in [0.25, 0.3) is 6.08 Å². The molecule has 0 fully saturated rings. The van der Waals surface area contributed by atoms with Crippen LogP contribution in [0.3, 0.4) is 0 Å². The SMILES string of the molecule is C=CCOc1ccc(/C=C2\C(=O)N(Cc3ccccc3)C(C)=C2C(=O)OC)cc1. The topological polar surface area (TPSA) is 55.8 Å². The van der Waals surface area contributed by atoms with E-state index in [1.165, 1.54) is 7.11 Å². The van der Waals surface area contributed by atoms with Gasteiger partial charge in [0.15, 0.2) is 0 Å². The summed E-state index contributed by atoms with van der Waals surface area (Å²) >= 11 is 0. The molecule has 0 unspecified atom stereocenters. The lowest BCUT2D eigenvalue weighted by molar-refractivity contribution is -0.136. The third-order valence-electron chi connectivity index (χ3n) is 4.64. The Kier molecular flexibility index (Phi) is 6.29. The summed E-state index contributed by atoms with van der Waals surface area (Å²) in [5, 5.41) is 0. The lowest BCUT2D eigenvalue weighted by Gasteiger charge is -2.17. The Balaban J connectivity index is 1.93. The van der Waals surface area contributed by atoms with Crippen molar-refractivity contribution in [1.82, 2.24) is 4.90 Å². The van der Waals surface area contributed by atoms with Crippen LogP contribution in [0.15, 0.2) is 84.1 Å². The second-order valence-electron chi connectivity index (χ2n) is 6.56. The van der Waals surface area contributed by atoms with Crippen LogP contribution in [-0.4, -0.2) is 30.5 Å². The third kappa shape index (κ3) is 4.46. The zero-order valence-electron chi connectivity index (χ0n) is 16.6. The van der Waals surface area contributed by atoms with E-state index in [0.29, 0.717) is 35.7 Å². The Hall–Kier alpha value is -3.60. The van der Waals surface area contributed by atoms with E-state index in [1.807, 2.05) is 54.6 Å². The molecule has 1 heterocycles. The van der Waals surface area contributed by atoms with E-state index in [-0.39, 0.29) is 5.91 Å². The minimum Gasteiger partial charge on any atom is -0.490 e. The maximum Gasteiger partial charge on any atom is 0.340 e. The average molecular weight is 389 g/mol. The minimum atomic E-state index is -0.524. The van der Waals surface area contributed by atoms with Gasteiger partial charge in [0.1, 0.15) is 12.4 Å². The first-order valence-corrected chi connectivity index (χ1v) is 9.26. The average Bonchev–Trinajstić information content (AvgIpc) is 2.97. The first kappa shape index (κ1) is 20.1. The fourth-order valence-corrected chi connectivity index (χ4v) is 3.17. The van der Waals surface area contributed by atoms with Gasteiger partial charge in [0, 0.05) is 5.70 Å². The van der Waals surface area contributed by atoms with Crippen LogP contribution in [0.5, 0.6) is 5.75 Å². The van der Waals surface area contributed by atoms with Crippen LogP contribution in [-0.2, 0) is 20.9 Å². The molecule has 0 radical (unpaired) electrons. The van der Waals surface area contributed by atoms with Crippen molar-refractivity contribution in [3.63, 3.8) is 0 Å². The summed E-state index contributed by atoms with van der Waals surface area (Å²) in [6.45, 7) is 6.19. The van der Waals surface area contributed by atoms with Gasteiger partial charge in [-0.1, -0.05) is 55.1 Å². The van der Waals surface area contributed by atoms with E-state index in [9.17, 15) is 9.59 Å². The van der Waals surface area contributed by atoms with Crippen molar-refractivity contribution in [3.05, 3.63) is 95.2 Å². The molecule has 2 aromatic carbocycles. The smallest absolute Gasteiger partial charge is 0.340 e. The van der Waals surface area contributed by atoms with Gasteiger partial charge in [0.05, 0.1) is 24.8 Å². The molecule has 0 aromatic heterocycles. The number of ether oxygens (including phenoxy) is 2. The number of methoxy groups -OCH3 is 1. The predicted molar refractivity (Wildman–Crippen MR) is 112 cm³/mol. The molecule has 0 saturated carbocycles. The highest BCUT2D eigenvalue weighted by atomic mass is 16.5. The van der Waals surface area contributed by atoms with Gasteiger partial charge in [-0.3, -0.25) is 4.79 Å². The number of amides is 1. The molecule has 1 aliphatic heterocycles. The molecule has 5 nitrogen and oxygen atoms in total. The summed E-state index contributed by atoms with van der Waals surface area (Å²) in [6.07, 6.45) is 3.38. The number of carbonyl (C=O) groups excluding carboxylic acids is 2. The second-order valence-corrected chi connectivity index (χ2v) is 6.56. The van der Waals surface area contributed by atoms with E-state index < -0.39 is 5.97 Å². The summed E-state index contributed by atoms with van der Waals surface area (Å²) in [7, 11) is 1.32. The van der Waals surface area contributed by atoms with Crippen molar-refractivity contribution >= 4 is 18.0 Å². The molecule has 0 spiro atoms. The molecule has 148 valence electrons. The van der Waals surface area contributed by atoms with Crippen LogP contribution < -0.4 is 4.74 Å². The summed E-state index contributed by atoms with van der Waals surface area (Å²) in [5.41, 5.74) is 2.97. The summed E-state index contributed by atoms with van der Waals surface area (Å²) < 4.78 is 10.4. The highest BCUT2D eigenvalue weighted by Gasteiger charge is 2.36. The van der Waals surface area contributed by atoms with Gasteiger partial charge in [-0.05, 0) is 36.3 Å². The van der Waals surface area contributed by atoms with E-state index >= 15 is 0 Å². The largest absolute Gasteiger partial charge is 0.490 e. The van der Waals surface area contributed by atoms with Crippen molar-refractivity contribution in [2.24, 2.45) is 0 Å². The van der Waals surface area contributed by atoms with Crippen molar-refractivity contribution in [2.75, 3.05) is 13.7 Å².